The van der Waals surface area contributed by atoms with Crippen LogP contribution < -0.4 is 5.73 Å². The molecule has 0 radical (unpaired) electrons. The van der Waals surface area contributed by atoms with Gasteiger partial charge in [-0.25, -0.2) is 0 Å². The maximum absolute atomic E-state index is 8.93. The second-order valence-corrected chi connectivity index (χ2v) is 4.61. The van der Waals surface area contributed by atoms with Crippen LogP contribution in [0.5, 0.6) is 0 Å². The van der Waals surface area contributed by atoms with Crippen molar-refractivity contribution in [2.24, 2.45) is 5.73 Å². The Labute approximate surface area is 80.9 Å². The number of aliphatic hydroxyl groups excluding tert-OH is 1. The molecule has 1 saturated heterocycles. The van der Waals surface area contributed by atoms with Crippen molar-refractivity contribution < 1.29 is 5.11 Å². The smallest absolute Gasteiger partial charge is 0.0448 e. The largest absolute Gasteiger partial charge is 0.396 e. The molecule has 1 rings (SSSR count). The number of hydrogen-bond acceptors (Lipinski definition) is 3. The van der Waals surface area contributed by atoms with E-state index in [4.69, 9.17) is 10.8 Å². The van der Waals surface area contributed by atoms with Gasteiger partial charge in [-0.1, -0.05) is 0 Å². The summed E-state index contributed by atoms with van der Waals surface area (Å²) in [6, 6.07) is 1.06. The zero-order chi connectivity index (χ0) is 10.1. The summed E-state index contributed by atoms with van der Waals surface area (Å²) >= 11 is 0. The van der Waals surface area contributed by atoms with Gasteiger partial charge in [0.2, 0.25) is 0 Å². The zero-order valence-corrected chi connectivity index (χ0v) is 8.95. The molecule has 3 N–H and O–H groups in total. The predicted molar refractivity (Wildman–Crippen MR) is 54.5 cm³/mol. The van der Waals surface area contributed by atoms with Crippen LogP contribution in [0, 0.1) is 0 Å². The van der Waals surface area contributed by atoms with Gasteiger partial charge in [0.05, 0.1) is 0 Å². The van der Waals surface area contributed by atoms with Gasteiger partial charge in [0.1, 0.15) is 0 Å². The first kappa shape index (κ1) is 11.0. The van der Waals surface area contributed by atoms with E-state index in [0.717, 1.165) is 19.3 Å². The van der Waals surface area contributed by atoms with Gasteiger partial charge >= 0.3 is 0 Å². The Balaban J connectivity index is 2.61. The predicted octanol–water partition coefficient (Wildman–Crippen LogP) is 0.569. The molecule has 1 aliphatic heterocycles. The lowest BCUT2D eigenvalue weighted by molar-refractivity contribution is 0.0669. The lowest BCUT2D eigenvalue weighted by Crippen LogP contribution is -2.56. The molecule has 3 nitrogen and oxygen atoms in total. The molecule has 0 saturated carbocycles. The number of rotatable bonds is 2. The van der Waals surface area contributed by atoms with Crippen molar-refractivity contribution in [3.05, 3.63) is 0 Å². The van der Waals surface area contributed by atoms with Crippen LogP contribution in [0.1, 0.15) is 33.1 Å². The average Bonchev–Trinajstić information content (AvgIpc) is 2.00. The van der Waals surface area contributed by atoms with E-state index in [1.807, 2.05) is 0 Å². The van der Waals surface area contributed by atoms with Crippen molar-refractivity contribution in [1.29, 1.82) is 0 Å². The average molecular weight is 186 g/mol. The van der Waals surface area contributed by atoms with Gasteiger partial charge in [-0.3, -0.25) is 0 Å². The van der Waals surface area contributed by atoms with Gasteiger partial charge in [-0.15, -0.1) is 0 Å². The first-order valence-electron chi connectivity index (χ1n) is 5.10. The highest BCUT2D eigenvalue weighted by atomic mass is 16.3. The van der Waals surface area contributed by atoms with E-state index in [-0.39, 0.29) is 12.1 Å². The fourth-order valence-corrected chi connectivity index (χ4v) is 2.41. The highest BCUT2D eigenvalue weighted by Gasteiger charge is 2.36. The third kappa shape index (κ3) is 2.42. The molecular weight excluding hydrogens is 164 g/mol. The van der Waals surface area contributed by atoms with Crippen molar-refractivity contribution in [2.75, 3.05) is 13.7 Å². The second kappa shape index (κ2) is 3.95. The van der Waals surface area contributed by atoms with Crippen molar-refractivity contribution in [3.63, 3.8) is 0 Å². The molecule has 0 aromatic carbocycles. The van der Waals surface area contributed by atoms with E-state index in [0.29, 0.717) is 12.1 Å². The third-order valence-electron chi connectivity index (χ3n) is 3.40. The molecular formula is C10H22N2O. The molecule has 1 unspecified atom stereocenters. The van der Waals surface area contributed by atoms with Gasteiger partial charge in [0.25, 0.3) is 0 Å². The summed E-state index contributed by atoms with van der Waals surface area (Å²) in [5.41, 5.74) is 6.09. The van der Waals surface area contributed by atoms with Crippen molar-refractivity contribution in [1.82, 2.24) is 4.90 Å². The van der Waals surface area contributed by atoms with Crippen LogP contribution in [0.15, 0.2) is 0 Å². The Kier molecular flexibility index (Phi) is 3.33. The summed E-state index contributed by atoms with van der Waals surface area (Å²) in [4.78, 5) is 2.36. The molecule has 78 valence electrons. The third-order valence-corrected chi connectivity index (χ3v) is 3.40. The molecule has 0 spiro atoms. The number of hydrogen-bond donors (Lipinski definition) is 2. The van der Waals surface area contributed by atoms with Gasteiger partial charge in [-0.2, -0.15) is 0 Å². The van der Waals surface area contributed by atoms with Crippen LogP contribution in [0.25, 0.3) is 0 Å². The maximum atomic E-state index is 8.93. The summed E-state index contributed by atoms with van der Waals surface area (Å²) in [5.74, 6) is 0. The number of aliphatic hydroxyl groups is 1. The molecule has 3 heteroatoms. The quantitative estimate of drug-likeness (QED) is 0.663. The molecule has 1 fully saturated rings. The van der Waals surface area contributed by atoms with Crippen molar-refractivity contribution >= 4 is 0 Å². The van der Waals surface area contributed by atoms with Crippen LogP contribution in [-0.4, -0.2) is 41.3 Å². The summed E-state index contributed by atoms with van der Waals surface area (Å²) in [7, 11) is 2.15. The lowest BCUT2D eigenvalue weighted by atomic mass is 9.79. The topological polar surface area (TPSA) is 49.5 Å². The summed E-state index contributed by atoms with van der Waals surface area (Å²) in [6.07, 6.45) is 2.72. The Morgan fingerprint density at radius 3 is 2.23 bits per heavy atom. The monoisotopic (exact) mass is 186 g/mol. The van der Waals surface area contributed by atoms with Crippen LogP contribution >= 0.6 is 0 Å². The lowest BCUT2D eigenvalue weighted by Gasteiger charge is -2.46. The molecule has 13 heavy (non-hydrogen) atoms. The van der Waals surface area contributed by atoms with E-state index < -0.39 is 0 Å². The van der Waals surface area contributed by atoms with E-state index in [2.05, 4.69) is 25.8 Å². The van der Waals surface area contributed by atoms with E-state index in [9.17, 15) is 0 Å². The van der Waals surface area contributed by atoms with E-state index in [1.54, 1.807) is 0 Å². The van der Waals surface area contributed by atoms with Crippen molar-refractivity contribution in [3.8, 4) is 0 Å². The summed E-state index contributed by atoms with van der Waals surface area (Å²) in [5, 5.41) is 8.93. The first-order chi connectivity index (χ1) is 5.98. The zero-order valence-electron chi connectivity index (χ0n) is 8.95. The van der Waals surface area contributed by atoms with E-state index in [1.165, 1.54) is 0 Å². The second-order valence-electron chi connectivity index (χ2n) is 4.61. The first-order valence-corrected chi connectivity index (χ1v) is 5.10. The molecule has 3 atom stereocenters. The minimum atomic E-state index is -0.139. The molecule has 0 aromatic rings. The molecule has 0 aliphatic carbocycles. The molecule has 0 amide bonds. The van der Waals surface area contributed by atoms with Crippen LogP contribution in [0.4, 0.5) is 0 Å². The standard InChI is InChI=1S/C10H22N2O/c1-8-6-10(11,4-5-13)7-9(2)12(8)3/h8-9,13H,4-7,11H2,1-3H3/t8-,9+,10?. The van der Waals surface area contributed by atoms with Gasteiger partial charge in [-0.05, 0) is 40.2 Å². The summed E-state index contributed by atoms with van der Waals surface area (Å²) in [6.45, 7) is 4.61. The van der Waals surface area contributed by atoms with Crippen molar-refractivity contribution in [2.45, 2.75) is 50.7 Å². The Morgan fingerprint density at radius 1 is 1.38 bits per heavy atom. The molecule has 0 bridgehead atoms. The summed E-state index contributed by atoms with van der Waals surface area (Å²) < 4.78 is 0. The molecule has 1 aliphatic rings. The Hall–Kier alpha value is -0.120. The molecule has 0 aromatic heterocycles. The highest BCUT2D eigenvalue weighted by Crippen LogP contribution is 2.30. The van der Waals surface area contributed by atoms with E-state index >= 15 is 0 Å². The maximum Gasteiger partial charge on any atom is 0.0448 e. The molecule has 1 heterocycles. The number of piperidine rings is 1. The normalized spacial score (nSPS) is 42.2. The Bertz CT molecular complexity index is 160. The number of nitrogens with zero attached hydrogens (tertiary/aromatic N) is 1. The van der Waals surface area contributed by atoms with Crippen LogP contribution in [-0.2, 0) is 0 Å². The highest BCUT2D eigenvalue weighted by molar-refractivity contribution is 4.96. The van der Waals surface area contributed by atoms with Crippen LogP contribution in [0.2, 0.25) is 0 Å². The number of nitrogens with two attached hydrogens (primary N) is 1. The minimum absolute atomic E-state index is 0.139. The Morgan fingerprint density at radius 2 is 1.85 bits per heavy atom. The minimum Gasteiger partial charge on any atom is -0.396 e. The number of likely N-dealkylation sites (tertiary alicyclic amines) is 1. The van der Waals surface area contributed by atoms with Gasteiger partial charge < -0.3 is 15.7 Å². The van der Waals surface area contributed by atoms with Crippen LogP contribution in [0.3, 0.4) is 0 Å². The fraction of sp³-hybridized carbons (Fsp3) is 1.00. The van der Waals surface area contributed by atoms with Gasteiger partial charge in [0, 0.05) is 24.2 Å². The SMILES string of the molecule is C[C@@H]1CC(N)(CCO)C[C@H](C)N1C. The fourth-order valence-electron chi connectivity index (χ4n) is 2.41. The van der Waals surface area contributed by atoms with Gasteiger partial charge in [0.15, 0.2) is 0 Å².